The van der Waals surface area contributed by atoms with Crippen molar-refractivity contribution in [1.29, 1.82) is 0 Å². The normalized spacial score (nSPS) is 11.5. The largest absolute Gasteiger partial charge is 0.354 e. The molecule has 0 radical (unpaired) electrons. The fourth-order valence-electron chi connectivity index (χ4n) is 0.986. The Labute approximate surface area is 110 Å². The molecule has 8 heteroatoms. The van der Waals surface area contributed by atoms with E-state index in [0.717, 1.165) is 6.54 Å². The van der Waals surface area contributed by atoms with Crippen molar-refractivity contribution in [2.45, 2.75) is 11.9 Å². The maximum absolute atomic E-state index is 11.0. The Bertz CT molecular complexity index is 479. The Hall–Kier alpha value is -0.530. The van der Waals surface area contributed by atoms with Crippen LogP contribution in [0.5, 0.6) is 0 Å². The van der Waals surface area contributed by atoms with Gasteiger partial charge in [0.15, 0.2) is 0 Å². The molecular weight excluding hydrogens is 282 g/mol. The van der Waals surface area contributed by atoms with Crippen molar-refractivity contribution in [3.05, 3.63) is 11.2 Å². The molecule has 1 aromatic heterocycles. The van der Waals surface area contributed by atoms with Gasteiger partial charge in [-0.3, -0.25) is 0 Å². The predicted molar refractivity (Wildman–Crippen MR) is 71.6 cm³/mol. The summed E-state index contributed by atoms with van der Waals surface area (Å²) >= 11 is 7.24. The average molecular weight is 296 g/mol. The molecule has 0 saturated heterocycles. The molecule has 0 aliphatic heterocycles. The zero-order chi connectivity index (χ0) is 12.9. The lowest BCUT2D eigenvalue weighted by Gasteiger charge is -2.05. The predicted octanol–water partition coefficient (Wildman–Crippen LogP) is 1.70. The number of rotatable bonds is 6. The van der Waals surface area contributed by atoms with Gasteiger partial charge in [-0.15, -0.1) is 11.8 Å². The third-order valence-electron chi connectivity index (χ3n) is 1.74. The average Bonchev–Trinajstić information content (AvgIpc) is 2.21. The second kappa shape index (κ2) is 6.42. The Morgan fingerprint density at radius 1 is 1.53 bits per heavy atom. The number of anilines is 1. The van der Waals surface area contributed by atoms with E-state index < -0.39 is 9.84 Å². The van der Waals surface area contributed by atoms with Crippen LogP contribution in [0, 0.1) is 0 Å². The Morgan fingerprint density at radius 2 is 2.24 bits per heavy atom. The third-order valence-corrected chi connectivity index (χ3v) is 4.33. The molecule has 1 heterocycles. The van der Waals surface area contributed by atoms with Crippen molar-refractivity contribution in [3.8, 4) is 0 Å². The fraction of sp³-hybridized carbons (Fsp3) is 0.556. The highest BCUT2D eigenvalue weighted by atomic mass is 35.5. The number of sulfone groups is 1. The highest BCUT2D eigenvalue weighted by Crippen LogP contribution is 2.25. The van der Waals surface area contributed by atoms with E-state index in [4.69, 9.17) is 11.6 Å². The van der Waals surface area contributed by atoms with Gasteiger partial charge in [-0.2, -0.15) is 0 Å². The highest BCUT2D eigenvalue weighted by molar-refractivity contribution is 8.00. The number of halogens is 1. The number of nitrogens with zero attached hydrogens (tertiary/aromatic N) is 2. The summed E-state index contributed by atoms with van der Waals surface area (Å²) in [6.07, 6.45) is 2.72. The van der Waals surface area contributed by atoms with Gasteiger partial charge < -0.3 is 5.32 Å². The van der Waals surface area contributed by atoms with Crippen LogP contribution in [0.4, 0.5) is 5.95 Å². The van der Waals surface area contributed by atoms with Crippen molar-refractivity contribution in [3.63, 3.8) is 0 Å². The van der Waals surface area contributed by atoms with Crippen LogP contribution in [0.3, 0.4) is 0 Å². The minimum absolute atomic E-state index is 0.106. The van der Waals surface area contributed by atoms with Crippen LogP contribution in [0.1, 0.15) is 6.92 Å². The van der Waals surface area contributed by atoms with Gasteiger partial charge in [0.1, 0.15) is 14.9 Å². The topological polar surface area (TPSA) is 72.0 Å². The van der Waals surface area contributed by atoms with E-state index in [1.165, 1.54) is 24.2 Å². The van der Waals surface area contributed by atoms with Crippen LogP contribution >= 0.6 is 23.4 Å². The summed E-state index contributed by atoms with van der Waals surface area (Å²) < 4.78 is 22.0. The van der Waals surface area contributed by atoms with Gasteiger partial charge >= 0.3 is 0 Å². The first-order valence-corrected chi connectivity index (χ1v) is 8.41. The van der Waals surface area contributed by atoms with Gasteiger partial charge in [0, 0.05) is 18.6 Å². The first kappa shape index (κ1) is 14.5. The lowest BCUT2D eigenvalue weighted by molar-refractivity contribution is 0.603. The van der Waals surface area contributed by atoms with Gasteiger partial charge in [0.05, 0.1) is 17.0 Å². The molecule has 0 unspecified atom stereocenters. The first-order valence-electron chi connectivity index (χ1n) is 4.99. The van der Waals surface area contributed by atoms with Crippen LogP contribution in [-0.2, 0) is 9.84 Å². The molecule has 0 aliphatic carbocycles. The fourth-order valence-corrected chi connectivity index (χ4v) is 3.32. The van der Waals surface area contributed by atoms with Crippen molar-refractivity contribution >= 4 is 39.1 Å². The van der Waals surface area contributed by atoms with Gasteiger partial charge in [-0.05, 0) is 6.92 Å². The van der Waals surface area contributed by atoms with Crippen molar-refractivity contribution in [2.75, 3.05) is 29.6 Å². The molecular formula is C9H14ClN3O2S2. The number of hydrogen-bond donors (Lipinski definition) is 1. The SMILES string of the molecule is CCNc1ncc(Cl)c(SCCS(C)(=O)=O)n1. The molecule has 0 aliphatic rings. The molecule has 0 spiro atoms. The van der Waals surface area contributed by atoms with Gasteiger partial charge in [0.25, 0.3) is 0 Å². The summed E-state index contributed by atoms with van der Waals surface area (Å²) in [4.78, 5) is 8.20. The molecule has 1 aromatic rings. The molecule has 0 amide bonds. The van der Waals surface area contributed by atoms with Gasteiger partial charge in [0.2, 0.25) is 5.95 Å². The zero-order valence-corrected chi connectivity index (χ0v) is 12.0. The molecule has 1 N–H and O–H groups in total. The molecule has 0 aromatic carbocycles. The lowest BCUT2D eigenvalue weighted by atomic mass is 10.6. The summed E-state index contributed by atoms with van der Waals surface area (Å²) in [6, 6.07) is 0. The van der Waals surface area contributed by atoms with Crippen LogP contribution in [0.15, 0.2) is 11.2 Å². The van der Waals surface area contributed by atoms with Gasteiger partial charge in [-0.1, -0.05) is 11.6 Å². The molecule has 17 heavy (non-hydrogen) atoms. The van der Waals surface area contributed by atoms with E-state index in [9.17, 15) is 8.42 Å². The second-order valence-corrected chi connectivity index (χ2v) is 7.11. The van der Waals surface area contributed by atoms with Crippen molar-refractivity contribution < 1.29 is 8.42 Å². The first-order chi connectivity index (χ1) is 7.92. The standard InChI is InChI=1S/C9H14ClN3O2S2/c1-3-11-9-12-6-7(10)8(13-9)16-4-5-17(2,14)15/h6H,3-5H2,1-2H3,(H,11,12,13). The van der Waals surface area contributed by atoms with Crippen LogP contribution in [0.25, 0.3) is 0 Å². The van der Waals surface area contributed by atoms with E-state index in [-0.39, 0.29) is 5.75 Å². The van der Waals surface area contributed by atoms with Gasteiger partial charge in [-0.25, -0.2) is 18.4 Å². The van der Waals surface area contributed by atoms with E-state index in [1.807, 2.05) is 6.92 Å². The molecule has 5 nitrogen and oxygen atoms in total. The third kappa shape index (κ3) is 5.56. The Balaban J connectivity index is 2.66. The summed E-state index contributed by atoms with van der Waals surface area (Å²) in [5.74, 6) is 1.04. The summed E-state index contributed by atoms with van der Waals surface area (Å²) in [5, 5.41) is 4.00. The number of thioether (sulfide) groups is 1. The molecule has 0 bridgehead atoms. The number of nitrogens with one attached hydrogen (secondary N) is 1. The maximum atomic E-state index is 11.0. The van der Waals surface area contributed by atoms with E-state index in [0.29, 0.717) is 21.7 Å². The van der Waals surface area contributed by atoms with Crippen molar-refractivity contribution in [1.82, 2.24) is 9.97 Å². The molecule has 0 saturated carbocycles. The summed E-state index contributed by atoms with van der Waals surface area (Å²) in [7, 11) is -2.95. The second-order valence-electron chi connectivity index (χ2n) is 3.36. The minimum atomic E-state index is -2.95. The molecule has 0 fully saturated rings. The summed E-state index contributed by atoms with van der Waals surface area (Å²) in [6.45, 7) is 2.66. The number of hydrogen-bond acceptors (Lipinski definition) is 6. The van der Waals surface area contributed by atoms with Crippen LogP contribution in [-0.4, -0.2) is 42.7 Å². The van der Waals surface area contributed by atoms with E-state index in [2.05, 4.69) is 15.3 Å². The minimum Gasteiger partial charge on any atom is -0.354 e. The zero-order valence-electron chi connectivity index (χ0n) is 9.60. The Morgan fingerprint density at radius 3 is 2.82 bits per heavy atom. The number of aromatic nitrogens is 2. The monoisotopic (exact) mass is 295 g/mol. The lowest BCUT2D eigenvalue weighted by Crippen LogP contribution is -2.06. The quantitative estimate of drug-likeness (QED) is 0.636. The highest BCUT2D eigenvalue weighted by Gasteiger charge is 2.08. The van der Waals surface area contributed by atoms with Crippen molar-refractivity contribution in [2.24, 2.45) is 0 Å². The molecule has 0 atom stereocenters. The van der Waals surface area contributed by atoms with Crippen LogP contribution in [0.2, 0.25) is 5.02 Å². The van der Waals surface area contributed by atoms with Crippen LogP contribution < -0.4 is 5.32 Å². The van der Waals surface area contributed by atoms with E-state index in [1.54, 1.807) is 0 Å². The molecule has 96 valence electrons. The smallest absolute Gasteiger partial charge is 0.223 e. The maximum Gasteiger partial charge on any atom is 0.223 e. The summed E-state index contributed by atoms with van der Waals surface area (Å²) in [5.41, 5.74) is 0. The van der Waals surface area contributed by atoms with E-state index >= 15 is 0 Å². The molecule has 1 rings (SSSR count). The Kier molecular flexibility index (Phi) is 5.48.